The monoisotopic (exact) mass is 203 g/mol. The predicted molar refractivity (Wildman–Crippen MR) is 60.6 cm³/mol. The third-order valence-corrected chi connectivity index (χ3v) is 3.28. The number of hydrogen-bond acceptors (Lipinski definition) is 1. The summed E-state index contributed by atoms with van der Waals surface area (Å²) >= 11 is 0. The normalized spacial score (nSPS) is 25.9. The van der Waals surface area contributed by atoms with Crippen molar-refractivity contribution >= 4 is 6.41 Å². The summed E-state index contributed by atoms with van der Waals surface area (Å²) in [7, 11) is 0. The molecule has 0 spiro atoms. The smallest absolute Gasteiger partial charge is 0.207 e. The van der Waals surface area contributed by atoms with E-state index in [9.17, 15) is 4.79 Å². The molecule has 2 atom stereocenters. The molecule has 1 amide bonds. The first-order valence-corrected chi connectivity index (χ1v) is 5.66. The van der Waals surface area contributed by atoms with Crippen LogP contribution in [0.2, 0.25) is 0 Å². The van der Waals surface area contributed by atoms with Crippen molar-refractivity contribution in [2.24, 2.45) is 0 Å². The summed E-state index contributed by atoms with van der Waals surface area (Å²) in [5, 5.41) is 2.95. The molecule has 15 heavy (non-hydrogen) atoms. The van der Waals surface area contributed by atoms with Gasteiger partial charge in [-0.15, -0.1) is 0 Å². The molecule has 1 N–H and O–H groups in total. The Hall–Kier alpha value is -1.31. The van der Waals surface area contributed by atoms with Gasteiger partial charge in [0, 0.05) is 12.0 Å². The number of hydrogen-bond donors (Lipinski definition) is 1. The lowest BCUT2D eigenvalue weighted by atomic mass is 9.80. The van der Waals surface area contributed by atoms with Crippen LogP contribution < -0.4 is 5.32 Å². The average Bonchev–Trinajstić information content (AvgIpc) is 2.31. The van der Waals surface area contributed by atoms with Crippen LogP contribution in [0.1, 0.15) is 37.2 Å². The molecule has 80 valence electrons. The fraction of sp³-hybridized carbons (Fsp3) is 0.462. The zero-order valence-corrected chi connectivity index (χ0v) is 8.86. The molecule has 0 aromatic heterocycles. The van der Waals surface area contributed by atoms with E-state index in [4.69, 9.17) is 0 Å². The zero-order chi connectivity index (χ0) is 10.5. The van der Waals surface area contributed by atoms with Crippen LogP contribution in [0.15, 0.2) is 30.3 Å². The van der Waals surface area contributed by atoms with Crippen LogP contribution in [-0.4, -0.2) is 12.5 Å². The number of carbonyl (C=O) groups excluding carboxylic acids is 1. The Kier molecular flexibility index (Phi) is 3.38. The Morgan fingerprint density at radius 1 is 1.13 bits per heavy atom. The maximum atomic E-state index is 10.5. The Balaban J connectivity index is 2.14. The van der Waals surface area contributed by atoms with E-state index in [1.807, 2.05) is 6.07 Å². The number of carbonyl (C=O) groups is 1. The third kappa shape index (κ3) is 2.38. The average molecular weight is 203 g/mol. The highest BCUT2D eigenvalue weighted by Crippen LogP contribution is 2.32. The Labute approximate surface area is 90.7 Å². The van der Waals surface area contributed by atoms with Crippen LogP contribution in [0.4, 0.5) is 0 Å². The third-order valence-electron chi connectivity index (χ3n) is 3.28. The first-order chi connectivity index (χ1) is 7.42. The van der Waals surface area contributed by atoms with Crippen molar-refractivity contribution in [1.29, 1.82) is 0 Å². The first kappa shape index (κ1) is 10.2. The molecule has 1 aliphatic rings. The molecule has 1 aromatic rings. The second-order valence-electron chi connectivity index (χ2n) is 4.19. The van der Waals surface area contributed by atoms with Gasteiger partial charge in [0.2, 0.25) is 6.41 Å². The molecule has 1 saturated carbocycles. The topological polar surface area (TPSA) is 29.1 Å². The van der Waals surface area contributed by atoms with E-state index in [-0.39, 0.29) is 0 Å². The molecule has 1 aromatic carbocycles. The van der Waals surface area contributed by atoms with Crippen molar-refractivity contribution in [3.8, 4) is 0 Å². The summed E-state index contributed by atoms with van der Waals surface area (Å²) < 4.78 is 0. The van der Waals surface area contributed by atoms with Crippen molar-refractivity contribution in [2.75, 3.05) is 0 Å². The van der Waals surface area contributed by atoms with E-state index in [1.54, 1.807) is 0 Å². The van der Waals surface area contributed by atoms with Gasteiger partial charge >= 0.3 is 0 Å². The van der Waals surface area contributed by atoms with Crippen molar-refractivity contribution < 1.29 is 4.79 Å². The van der Waals surface area contributed by atoms with Crippen molar-refractivity contribution in [2.45, 2.75) is 37.6 Å². The molecule has 0 heterocycles. The lowest BCUT2D eigenvalue weighted by molar-refractivity contribution is -0.110. The van der Waals surface area contributed by atoms with Gasteiger partial charge in [0.05, 0.1) is 0 Å². The maximum absolute atomic E-state index is 10.5. The summed E-state index contributed by atoms with van der Waals surface area (Å²) in [6.07, 6.45) is 5.64. The van der Waals surface area contributed by atoms with E-state index in [2.05, 4.69) is 29.6 Å². The predicted octanol–water partition coefficient (Wildman–Crippen LogP) is 2.46. The van der Waals surface area contributed by atoms with E-state index in [1.165, 1.54) is 24.8 Å². The Morgan fingerprint density at radius 2 is 1.87 bits per heavy atom. The van der Waals surface area contributed by atoms with Gasteiger partial charge in [0.25, 0.3) is 0 Å². The molecule has 1 unspecified atom stereocenters. The van der Waals surface area contributed by atoms with E-state index < -0.39 is 0 Å². The molecular formula is C13H17NO. The first-order valence-electron chi connectivity index (χ1n) is 5.66. The Bertz CT molecular complexity index is 310. The van der Waals surface area contributed by atoms with Crippen LogP contribution in [0, 0.1) is 0 Å². The van der Waals surface area contributed by atoms with Gasteiger partial charge in [-0.2, -0.15) is 0 Å². The highest BCUT2D eigenvalue weighted by atomic mass is 16.1. The zero-order valence-electron chi connectivity index (χ0n) is 8.86. The highest BCUT2D eigenvalue weighted by Gasteiger charge is 2.25. The van der Waals surface area contributed by atoms with Crippen LogP contribution >= 0.6 is 0 Å². The second kappa shape index (κ2) is 4.96. The maximum Gasteiger partial charge on any atom is 0.207 e. The summed E-state index contributed by atoms with van der Waals surface area (Å²) in [4.78, 5) is 10.5. The summed E-state index contributed by atoms with van der Waals surface area (Å²) in [5.41, 5.74) is 1.36. The van der Waals surface area contributed by atoms with Gasteiger partial charge in [-0.05, 0) is 18.4 Å². The van der Waals surface area contributed by atoms with Crippen molar-refractivity contribution in [3.05, 3.63) is 35.9 Å². The van der Waals surface area contributed by atoms with Crippen LogP contribution in [0.5, 0.6) is 0 Å². The van der Waals surface area contributed by atoms with Gasteiger partial charge < -0.3 is 5.32 Å². The summed E-state index contributed by atoms with van der Waals surface area (Å²) in [5.74, 6) is 0.505. The fourth-order valence-corrected chi connectivity index (χ4v) is 2.52. The minimum atomic E-state index is 0.332. The second-order valence-corrected chi connectivity index (χ2v) is 4.19. The number of benzene rings is 1. The van der Waals surface area contributed by atoms with Gasteiger partial charge in [-0.25, -0.2) is 0 Å². The molecular weight excluding hydrogens is 186 g/mol. The number of rotatable bonds is 3. The minimum absolute atomic E-state index is 0.332. The highest BCUT2D eigenvalue weighted by molar-refractivity contribution is 5.47. The standard InChI is InChI=1S/C13H17NO/c15-10-14-13-9-5-4-8-12(13)11-6-2-1-3-7-11/h1-3,6-7,10,12-13H,4-5,8-9H2,(H,14,15)/t12?,13-/m0/s1. The summed E-state index contributed by atoms with van der Waals surface area (Å²) in [6.45, 7) is 0. The molecule has 2 nitrogen and oxygen atoms in total. The molecule has 1 fully saturated rings. The largest absolute Gasteiger partial charge is 0.355 e. The fourth-order valence-electron chi connectivity index (χ4n) is 2.52. The van der Waals surface area contributed by atoms with Gasteiger partial charge in [-0.1, -0.05) is 43.2 Å². The quantitative estimate of drug-likeness (QED) is 0.751. The molecule has 0 aliphatic heterocycles. The molecule has 2 heteroatoms. The van der Waals surface area contributed by atoms with Crippen molar-refractivity contribution in [3.63, 3.8) is 0 Å². The number of amides is 1. The number of nitrogens with one attached hydrogen (secondary N) is 1. The van der Waals surface area contributed by atoms with Crippen molar-refractivity contribution in [1.82, 2.24) is 5.32 Å². The van der Waals surface area contributed by atoms with Gasteiger partial charge in [0.15, 0.2) is 0 Å². The minimum Gasteiger partial charge on any atom is -0.355 e. The summed E-state index contributed by atoms with van der Waals surface area (Å²) in [6, 6.07) is 10.8. The van der Waals surface area contributed by atoms with E-state index >= 15 is 0 Å². The molecule has 1 aliphatic carbocycles. The van der Waals surface area contributed by atoms with Crippen LogP contribution in [0.3, 0.4) is 0 Å². The lowest BCUT2D eigenvalue weighted by Gasteiger charge is -2.31. The SMILES string of the molecule is O=CN[C@H]1CCCCC1c1ccccc1. The van der Waals surface area contributed by atoms with Gasteiger partial charge in [-0.3, -0.25) is 4.79 Å². The molecule has 0 saturated heterocycles. The van der Waals surface area contributed by atoms with E-state index in [0.29, 0.717) is 12.0 Å². The van der Waals surface area contributed by atoms with Gasteiger partial charge in [0.1, 0.15) is 0 Å². The Morgan fingerprint density at radius 3 is 2.60 bits per heavy atom. The lowest BCUT2D eigenvalue weighted by Crippen LogP contribution is -2.36. The molecule has 2 rings (SSSR count). The molecule has 0 radical (unpaired) electrons. The van der Waals surface area contributed by atoms with Crippen LogP contribution in [0.25, 0.3) is 0 Å². The molecule has 0 bridgehead atoms. The van der Waals surface area contributed by atoms with Crippen LogP contribution in [-0.2, 0) is 4.79 Å². The van der Waals surface area contributed by atoms with E-state index in [0.717, 1.165) is 12.8 Å².